The Kier molecular flexibility index (Phi) is 6.06. The number of nitrogens with one attached hydrogen (secondary N) is 2. The Labute approximate surface area is 196 Å². The van der Waals surface area contributed by atoms with Crippen molar-refractivity contribution >= 4 is 18.0 Å². The van der Waals surface area contributed by atoms with Crippen molar-refractivity contribution in [2.45, 2.75) is 36.9 Å². The lowest BCUT2D eigenvalue weighted by molar-refractivity contribution is -0.148. The van der Waals surface area contributed by atoms with Gasteiger partial charge < -0.3 is 25.2 Å². The monoisotopic (exact) mass is 462 g/mol. The summed E-state index contributed by atoms with van der Waals surface area (Å²) in [7, 11) is 0. The highest BCUT2D eigenvalue weighted by Crippen LogP contribution is 2.44. The third-order valence-electron chi connectivity index (χ3n) is 6.73. The van der Waals surface area contributed by atoms with Crippen LogP contribution in [0.1, 0.15) is 29.9 Å². The van der Waals surface area contributed by atoms with E-state index in [9.17, 15) is 19.5 Å². The summed E-state index contributed by atoms with van der Waals surface area (Å²) < 4.78 is 10.8. The van der Waals surface area contributed by atoms with Gasteiger partial charge in [-0.1, -0.05) is 60.7 Å². The molecule has 0 saturated carbocycles. The predicted molar refractivity (Wildman–Crippen MR) is 123 cm³/mol. The Bertz CT molecular complexity index is 1100. The SMILES string of the molecule is O=C(NC1C=CC(C(=O)N[C@H]2CCO[C@H]2C(=O)O)C1)OCC1c2ccccc2-c2ccccc21. The molecular formula is C26H26N2O6. The van der Waals surface area contributed by atoms with Gasteiger partial charge in [-0.05, 0) is 35.1 Å². The molecule has 2 unspecified atom stereocenters. The van der Waals surface area contributed by atoms with E-state index in [4.69, 9.17) is 9.47 Å². The average molecular weight is 463 g/mol. The van der Waals surface area contributed by atoms with E-state index in [2.05, 4.69) is 34.9 Å². The van der Waals surface area contributed by atoms with Gasteiger partial charge in [0.2, 0.25) is 5.91 Å². The molecule has 0 aromatic heterocycles. The molecule has 1 aliphatic heterocycles. The summed E-state index contributed by atoms with van der Waals surface area (Å²) in [6, 6.07) is 15.4. The molecule has 8 nitrogen and oxygen atoms in total. The molecule has 3 N–H and O–H groups in total. The number of benzene rings is 2. The third kappa shape index (κ3) is 4.28. The second kappa shape index (κ2) is 9.30. The number of amides is 2. The number of ether oxygens (including phenoxy) is 2. The number of carbonyl (C=O) groups is 3. The topological polar surface area (TPSA) is 114 Å². The van der Waals surface area contributed by atoms with Crippen LogP contribution in [0.15, 0.2) is 60.7 Å². The molecule has 34 heavy (non-hydrogen) atoms. The van der Waals surface area contributed by atoms with E-state index in [0.29, 0.717) is 19.4 Å². The van der Waals surface area contributed by atoms with E-state index in [0.717, 1.165) is 22.3 Å². The first-order valence-corrected chi connectivity index (χ1v) is 11.5. The smallest absolute Gasteiger partial charge is 0.407 e. The first-order valence-electron chi connectivity index (χ1n) is 11.5. The van der Waals surface area contributed by atoms with Gasteiger partial charge in [-0.15, -0.1) is 0 Å². The van der Waals surface area contributed by atoms with Crippen molar-refractivity contribution in [2.75, 3.05) is 13.2 Å². The van der Waals surface area contributed by atoms with Gasteiger partial charge in [-0.3, -0.25) is 4.79 Å². The predicted octanol–water partition coefficient (Wildman–Crippen LogP) is 2.83. The van der Waals surface area contributed by atoms with Crippen molar-refractivity contribution in [3.8, 4) is 11.1 Å². The highest BCUT2D eigenvalue weighted by Gasteiger charge is 2.37. The Balaban J connectivity index is 1.13. The standard InChI is InChI=1S/C26H26N2O6/c29-24(28-22-11-12-33-23(22)25(30)31)15-9-10-16(13-15)27-26(32)34-14-21-19-7-3-1-5-17(19)18-6-2-4-8-20(18)21/h1-10,15-16,21-23H,11-14H2,(H,27,32)(H,28,29)(H,30,31)/t15?,16?,22-,23+/m0/s1. The molecule has 0 radical (unpaired) electrons. The van der Waals surface area contributed by atoms with Crippen molar-refractivity contribution in [1.29, 1.82) is 0 Å². The molecule has 1 saturated heterocycles. The van der Waals surface area contributed by atoms with Gasteiger partial charge in [-0.2, -0.15) is 0 Å². The number of alkyl carbamates (subject to hydrolysis) is 1. The summed E-state index contributed by atoms with van der Waals surface area (Å²) >= 11 is 0. The third-order valence-corrected chi connectivity index (χ3v) is 6.73. The summed E-state index contributed by atoms with van der Waals surface area (Å²) in [4.78, 5) is 36.3. The molecule has 8 heteroatoms. The molecule has 3 aliphatic rings. The lowest BCUT2D eigenvalue weighted by atomic mass is 9.98. The fourth-order valence-electron chi connectivity index (χ4n) is 5.06. The first kappa shape index (κ1) is 22.2. The van der Waals surface area contributed by atoms with Gasteiger partial charge >= 0.3 is 12.1 Å². The number of carbonyl (C=O) groups excluding carboxylic acids is 2. The maximum atomic E-state index is 12.6. The Morgan fingerprint density at radius 3 is 2.32 bits per heavy atom. The lowest BCUT2D eigenvalue weighted by Crippen LogP contribution is -2.46. The molecule has 176 valence electrons. The minimum absolute atomic E-state index is 0.0217. The minimum Gasteiger partial charge on any atom is -0.479 e. The van der Waals surface area contributed by atoms with Crippen molar-refractivity contribution in [3.63, 3.8) is 0 Å². The average Bonchev–Trinajstić information content (AvgIpc) is 3.56. The van der Waals surface area contributed by atoms with E-state index in [-0.39, 0.29) is 24.5 Å². The molecule has 1 fully saturated rings. The number of fused-ring (bicyclic) bond motifs is 3. The van der Waals surface area contributed by atoms with E-state index < -0.39 is 30.1 Å². The van der Waals surface area contributed by atoms with Crippen molar-refractivity contribution in [3.05, 3.63) is 71.8 Å². The van der Waals surface area contributed by atoms with E-state index in [1.54, 1.807) is 12.2 Å². The molecule has 2 aromatic rings. The Hall–Kier alpha value is -3.65. The first-order chi connectivity index (χ1) is 16.5. The van der Waals surface area contributed by atoms with Crippen LogP contribution in [-0.4, -0.2) is 54.5 Å². The van der Waals surface area contributed by atoms with Crippen LogP contribution in [0.25, 0.3) is 11.1 Å². The second-order valence-corrected chi connectivity index (χ2v) is 8.84. The summed E-state index contributed by atoms with van der Waals surface area (Å²) in [6.07, 6.45) is 2.79. The number of hydrogen-bond donors (Lipinski definition) is 3. The molecule has 0 bridgehead atoms. The summed E-state index contributed by atoms with van der Waals surface area (Å²) in [5.74, 6) is -1.82. The van der Waals surface area contributed by atoms with Crippen molar-refractivity contribution in [2.24, 2.45) is 5.92 Å². The van der Waals surface area contributed by atoms with Gasteiger partial charge in [-0.25, -0.2) is 9.59 Å². The number of aliphatic carboxylic acids is 1. The second-order valence-electron chi connectivity index (χ2n) is 8.84. The van der Waals surface area contributed by atoms with Gasteiger partial charge in [0.05, 0.1) is 18.0 Å². The molecular weight excluding hydrogens is 436 g/mol. The molecule has 1 heterocycles. The lowest BCUT2D eigenvalue weighted by Gasteiger charge is -2.19. The fourth-order valence-corrected chi connectivity index (χ4v) is 5.06. The molecule has 2 aliphatic carbocycles. The van der Waals surface area contributed by atoms with E-state index in [1.807, 2.05) is 24.3 Å². The molecule has 4 atom stereocenters. The van der Waals surface area contributed by atoms with Crippen LogP contribution in [0, 0.1) is 5.92 Å². The number of carboxylic acid groups (broad SMARTS) is 1. The summed E-state index contributed by atoms with van der Waals surface area (Å²) in [6.45, 7) is 0.521. The zero-order valence-corrected chi connectivity index (χ0v) is 18.5. The largest absolute Gasteiger partial charge is 0.479 e. The van der Waals surface area contributed by atoms with E-state index in [1.165, 1.54) is 0 Å². The number of carboxylic acids is 1. The number of rotatable bonds is 6. The van der Waals surface area contributed by atoms with Gasteiger partial charge in [0, 0.05) is 12.5 Å². The van der Waals surface area contributed by atoms with Crippen LogP contribution in [0.4, 0.5) is 4.79 Å². The van der Waals surface area contributed by atoms with Crippen LogP contribution in [0.5, 0.6) is 0 Å². The quantitative estimate of drug-likeness (QED) is 0.569. The highest BCUT2D eigenvalue weighted by atomic mass is 16.5. The van der Waals surface area contributed by atoms with Crippen LogP contribution >= 0.6 is 0 Å². The summed E-state index contributed by atoms with van der Waals surface area (Å²) in [5, 5.41) is 14.8. The zero-order valence-electron chi connectivity index (χ0n) is 18.5. The van der Waals surface area contributed by atoms with Crippen molar-refractivity contribution in [1.82, 2.24) is 10.6 Å². The fraction of sp³-hybridized carbons (Fsp3) is 0.346. The number of hydrogen-bond acceptors (Lipinski definition) is 5. The van der Waals surface area contributed by atoms with Crippen LogP contribution < -0.4 is 10.6 Å². The normalized spacial score (nSPS) is 24.9. The maximum absolute atomic E-state index is 12.6. The summed E-state index contributed by atoms with van der Waals surface area (Å²) in [5.41, 5.74) is 4.61. The Morgan fingerprint density at radius 2 is 1.65 bits per heavy atom. The van der Waals surface area contributed by atoms with Gasteiger partial charge in [0.25, 0.3) is 0 Å². The van der Waals surface area contributed by atoms with Crippen molar-refractivity contribution < 1.29 is 29.0 Å². The van der Waals surface area contributed by atoms with Gasteiger partial charge in [0.15, 0.2) is 6.10 Å². The molecule has 0 spiro atoms. The molecule has 2 aromatic carbocycles. The van der Waals surface area contributed by atoms with Crippen LogP contribution in [0.3, 0.4) is 0 Å². The maximum Gasteiger partial charge on any atom is 0.407 e. The van der Waals surface area contributed by atoms with Crippen LogP contribution in [0.2, 0.25) is 0 Å². The minimum atomic E-state index is -1.08. The van der Waals surface area contributed by atoms with Crippen LogP contribution in [-0.2, 0) is 19.1 Å². The molecule has 2 amide bonds. The molecule has 5 rings (SSSR count). The van der Waals surface area contributed by atoms with Gasteiger partial charge in [0.1, 0.15) is 6.61 Å². The highest BCUT2D eigenvalue weighted by molar-refractivity contribution is 5.83. The van der Waals surface area contributed by atoms with E-state index >= 15 is 0 Å². The Morgan fingerprint density at radius 1 is 0.971 bits per heavy atom. The zero-order chi connectivity index (χ0) is 23.7.